The van der Waals surface area contributed by atoms with E-state index < -0.39 is 6.61 Å². The van der Waals surface area contributed by atoms with E-state index in [0.29, 0.717) is 11.5 Å². The Kier molecular flexibility index (Phi) is 10.6. The predicted molar refractivity (Wildman–Crippen MR) is 98.3 cm³/mol. The van der Waals surface area contributed by atoms with Crippen LogP contribution < -0.4 is 15.4 Å². The van der Waals surface area contributed by atoms with Gasteiger partial charge >= 0.3 is 6.61 Å². The molecule has 1 rings (SSSR count). The van der Waals surface area contributed by atoms with E-state index in [0.717, 1.165) is 39.1 Å². The van der Waals surface area contributed by atoms with E-state index in [9.17, 15) is 8.78 Å². The Morgan fingerprint density at radius 3 is 2.52 bits per heavy atom. The maximum absolute atomic E-state index is 12.5. The van der Waals surface area contributed by atoms with Crippen LogP contribution in [0.25, 0.3) is 0 Å². The van der Waals surface area contributed by atoms with Crippen LogP contribution in [0.15, 0.2) is 29.3 Å². The number of para-hydroxylation sites is 1. The number of hydrogen-bond acceptors (Lipinski definition) is 3. The summed E-state index contributed by atoms with van der Waals surface area (Å²) in [6, 6.07) is 6.72. The van der Waals surface area contributed by atoms with Crippen molar-refractivity contribution in [2.45, 2.75) is 40.3 Å². The van der Waals surface area contributed by atoms with Gasteiger partial charge in [-0.05, 0) is 39.0 Å². The Labute approximate surface area is 149 Å². The van der Waals surface area contributed by atoms with Crippen LogP contribution in [0.3, 0.4) is 0 Å². The molecule has 2 N–H and O–H groups in total. The zero-order chi connectivity index (χ0) is 18.5. The van der Waals surface area contributed by atoms with Gasteiger partial charge in [-0.25, -0.2) is 4.99 Å². The Hall–Kier alpha value is -1.89. The van der Waals surface area contributed by atoms with Gasteiger partial charge in [-0.2, -0.15) is 8.78 Å². The van der Waals surface area contributed by atoms with Gasteiger partial charge in [-0.15, -0.1) is 0 Å². The van der Waals surface area contributed by atoms with Gasteiger partial charge < -0.3 is 20.3 Å². The van der Waals surface area contributed by atoms with Crippen LogP contribution in [0.4, 0.5) is 8.78 Å². The second kappa shape index (κ2) is 12.5. The number of aliphatic imine (C=N–C) groups is 1. The average Bonchev–Trinajstić information content (AvgIpc) is 2.60. The first-order valence-corrected chi connectivity index (χ1v) is 8.87. The summed E-state index contributed by atoms with van der Waals surface area (Å²) in [4.78, 5) is 6.83. The molecule has 25 heavy (non-hydrogen) atoms. The number of ether oxygens (including phenoxy) is 1. The smallest absolute Gasteiger partial charge is 0.387 e. The fraction of sp³-hybridized carbons (Fsp3) is 0.611. The van der Waals surface area contributed by atoms with Crippen molar-refractivity contribution in [3.05, 3.63) is 29.8 Å². The maximum atomic E-state index is 12.5. The van der Waals surface area contributed by atoms with Crippen molar-refractivity contribution >= 4 is 5.96 Å². The Bertz CT molecular complexity index is 508. The van der Waals surface area contributed by atoms with Crippen LogP contribution in [-0.2, 0) is 6.54 Å². The van der Waals surface area contributed by atoms with E-state index in [2.05, 4.69) is 39.1 Å². The van der Waals surface area contributed by atoms with Crippen molar-refractivity contribution in [1.29, 1.82) is 0 Å². The number of guanidine groups is 1. The SMILES string of the molecule is CCNC(=NCc1ccccc1OC(F)F)NCCCN(CC)CC. The third-order valence-electron chi connectivity index (χ3n) is 3.78. The molecule has 0 atom stereocenters. The summed E-state index contributed by atoms with van der Waals surface area (Å²) >= 11 is 0. The summed E-state index contributed by atoms with van der Waals surface area (Å²) in [7, 11) is 0. The van der Waals surface area contributed by atoms with Crippen molar-refractivity contribution in [2.24, 2.45) is 4.99 Å². The minimum absolute atomic E-state index is 0.165. The molecule has 1 aromatic carbocycles. The van der Waals surface area contributed by atoms with E-state index in [1.54, 1.807) is 18.2 Å². The van der Waals surface area contributed by atoms with E-state index >= 15 is 0 Å². The summed E-state index contributed by atoms with van der Waals surface area (Å²) in [5.41, 5.74) is 0.628. The first kappa shape index (κ1) is 21.2. The Morgan fingerprint density at radius 2 is 1.88 bits per heavy atom. The molecule has 0 unspecified atom stereocenters. The quantitative estimate of drug-likeness (QED) is 0.363. The number of halogens is 2. The highest BCUT2D eigenvalue weighted by Gasteiger charge is 2.09. The van der Waals surface area contributed by atoms with Gasteiger partial charge in [0.15, 0.2) is 5.96 Å². The molecule has 0 bridgehead atoms. The second-order valence-corrected chi connectivity index (χ2v) is 5.49. The molecule has 142 valence electrons. The lowest BCUT2D eigenvalue weighted by Gasteiger charge is -2.18. The lowest BCUT2D eigenvalue weighted by molar-refractivity contribution is -0.0504. The van der Waals surface area contributed by atoms with Crippen molar-refractivity contribution in [1.82, 2.24) is 15.5 Å². The van der Waals surface area contributed by atoms with Gasteiger partial charge in [0.2, 0.25) is 0 Å². The molecule has 0 heterocycles. The molecule has 0 saturated carbocycles. The van der Waals surface area contributed by atoms with Gasteiger partial charge in [0.1, 0.15) is 5.75 Å². The molecule has 0 radical (unpaired) electrons. The largest absolute Gasteiger partial charge is 0.434 e. The lowest BCUT2D eigenvalue weighted by Crippen LogP contribution is -2.38. The summed E-state index contributed by atoms with van der Waals surface area (Å²) in [5, 5.41) is 6.44. The molecule has 5 nitrogen and oxygen atoms in total. The number of benzene rings is 1. The molecule has 0 aliphatic heterocycles. The summed E-state index contributed by atoms with van der Waals surface area (Å²) in [6.45, 7) is 8.39. The molecule has 0 spiro atoms. The number of rotatable bonds is 11. The summed E-state index contributed by atoms with van der Waals surface area (Å²) in [5.74, 6) is 0.840. The molecule has 7 heteroatoms. The lowest BCUT2D eigenvalue weighted by atomic mass is 10.2. The standard InChI is InChI=1S/C18H30F2N4O/c1-4-21-18(22-12-9-13-24(5-2)6-3)23-14-15-10-7-8-11-16(15)25-17(19)20/h7-8,10-11,17H,4-6,9,12-14H2,1-3H3,(H2,21,22,23). The highest BCUT2D eigenvalue weighted by Crippen LogP contribution is 2.20. The van der Waals surface area contributed by atoms with Crippen LogP contribution in [0.5, 0.6) is 5.75 Å². The molecule has 0 amide bonds. The highest BCUT2D eigenvalue weighted by atomic mass is 19.3. The molecule has 0 aromatic heterocycles. The molecule has 0 saturated heterocycles. The second-order valence-electron chi connectivity index (χ2n) is 5.49. The number of nitrogens with one attached hydrogen (secondary N) is 2. The minimum Gasteiger partial charge on any atom is -0.434 e. The van der Waals surface area contributed by atoms with E-state index in [-0.39, 0.29) is 12.3 Å². The third kappa shape index (κ3) is 8.67. The topological polar surface area (TPSA) is 48.9 Å². The van der Waals surface area contributed by atoms with Crippen LogP contribution in [-0.4, -0.2) is 50.2 Å². The monoisotopic (exact) mass is 356 g/mol. The van der Waals surface area contributed by atoms with Gasteiger partial charge in [0.25, 0.3) is 0 Å². The zero-order valence-electron chi connectivity index (χ0n) is 15.4. The minimum atomic E-state index is -2.84. The van der Waals surface area contributed by atoms with Crippen molar-refractivity contribution in [2.75, 3.05) is 32.7 Å². The number of alkyl halides is 2. The maximum Gasteiger partial charge on any atom is 0.387 e. The zero-order valence-corrected chi connectivity index (χ0v) is 15.4. The first-order valence-electron chi connectivity index (χ1n) is 8.87. The molecular weight excluding hydrogens is 326 g/mol. The summed E-state index contributed by atoms with van der Waals surface area (Å²) < 4.78 is 29.5. The molecule has 0 aliphatic rings. The van der Waals surface area contributed by atoms with Gasteiger partial charge in [0, 0.05) is 18.7 Å². The number of hydrogen-bond donors (Lipinski definition) is 2. The Morgan fingerprint density at radius 1 is 1.16 bits per heavy atom. The van der Waals surface area contributed by atoms with Gasteiger partial charge in [0.05, 0.1) is 6.54 Å². The fourth-order valence-corrected chi connectivity index (χ4v) is 2.40. The normalized spacial score (nSPS) is 11.9. The van der Waals surface area contributed by atoms with Crippen molar-refractivity contribution in [3.63, 3.8) is 0 Å². The molecule has 0 fully saturated rings. The van der Waals surface area contributed by atoms with Crippen molar-refractivity contribution in [3.8, 4) is 5.75 Å². The first-order chi connectivity index (χ1) is 12.1. The summed E-state index contributed by atoms with van der Waals surface area (Å²) in [6.07, 6.45) is 1.01. The van der Waals surface area contributed by atoms with E-state index in [1.807, 2.05) is 6.92 Å². The molecule has 1 aromatic rings. The predicted octanol–water partition coefficient (Wildman–Crippen LogP) is 3.08. The molecule has 0 aliphatic carbocycles. The van der Waals surface area contributed by atoms with Crippen LogP contribution in [0, 0.1) is 0 Å². The van der Waals surface area contributed by atoms with E-state index in [1.165, 1.54) is 6.07 Å². The Balaban J connectivity index is 2.58. The fourth-order valence-electron chi connectivity index (χ4n) is 2.40. The van der Waals surface area contributed by atoms with Crippen LogP contribution in [0.1, 0.15) is 32.8 Å². The van der Waals surface area contributed by atoms with Gasteiger partial charge in [-0.3, -0.25) is 0 Å². The van der Waals surface area contributed by atoms with E-state index in [4.69, 9.17) is 0 Å². The van der Waals surface area contributed by atoms with Crippen LogP contribution in [0.2, 0.25) is 0 Å². The van der Waals surface area contributed by atoms with Crippen molar-refractivity contribution < 1.29 is 13.5 Å². The highest BCUT2D eigenvalue weighted by molar-refractivity contribution is 5.79. The van der Waals surface area contributed by atoms with Gasteiger partial charge in [-0.1, -0.05) is 32.0 Å². The third-order valence-corrected chi connectivity index (χ3v) is 3.78. The average molecular weight is 356 g/mol. The number of nitrogens with zero attached hydrogens (tertiary/aromatic N) is 2. The van der Waals surface area contributed by atoms with Crippen LogP contribution >= 0.6 is 0 Å². The molecular formula is C18H30F2N4O.